The Hall–Kier alpha value is -1.09. The van der Waals surface area contributed by atoms with Gasteiger partial charge >= 0.3 is 0 Å². The van der Waals surface area contributed by atoms with Gasteiger partial charge in [-0.3, -0.25) is 0 Å². The van der Waals surface area contributed by atoms with Crippen LogP contribution in [0.3, 0.4) is 0 Å². The van der Waals surface area contributed by atoms with E-state index in [1.807, 2.05) is 12.1 Å². The van der Waals surface area contributed by atoms with Gasteiger partial charge in [0.1, 0.15) is 6.17 Å². The number of alkyl halides is 1. The highest BCUT2D eigenvalue weighted by atomic mass is 32.1. The fourth-order valence-electron chi connectivity index (χ4n) is 1.38. The van der Waals surface area contributed by atoms with E-state index in [0.717, 1.165) is 5.69 Å². The molecule has 1 N–H and O–H groups in total. The third-order valence-electron chi connectivity index (χ3n) is 2.05. The maximum Gasteiger partial charge on any atom is 0.114 e. The minimum absolute atomic E-state index is 0.372. The van der Waals surface area contributed by atoms with Crippen LogP contribution in [0.4, 0.5) is 10.1 Å². The lowest BCUT2D eigenvalue weighted by molar-refractivity contribution is 0.378. The SMILES string of the molecule is CC(F)CNc1cccc2ccsc12. The van der Waals surface area contributed by atoms with Gasteiger partial charge in [0.15, 0.2) is 0 Å². The summed E-state index contributed by atoms with van der Waals surface area (Å²) in [6.07, 6.45) is -0.815. The van der Waals surface area contributed by atoms with Crippen LogP contribution in [0.15, 0.2) is 29.6 Å². The minimum atomic E-state index is -0.815. The fourth-order valence-corrected chi connectivity index (χ4v) is 2.27. The van der Waals surface area contributed by atoms with Crippen molar-refractivity contribution in [3.8, 4) is 0 Å². The van der Waals surface area contributed by atoms with Gasteiger partial charge in [-0.15, -0.1) is 11.3 Å². The van der Waals surface area contributed by atoms with Crippen molar-refractivity contribution in [1.82, 2.24) is 0 Å². The summed E-state index contributed by atoms with van der Waals surface area (Å²) < 4.78 is 13.9. The molecule has 1 atom stereocenters. The number of fused-ring (bicyclic) bond motifs is 1. The highest BCUT2D eigenvalue weighted by Crippen LogP contribution is 2.28. The first-order valence-corrected chi connectivity index (χ1v) is 5.49. The van der Waals surface area contributed by atoms with Crippen molar-refractivity contribution in [3.63, 3.8) is 0 Å². The van der Waals surface area contributed by atoms with Crippen LogP contribution in [0.5, 0.6) is 0 Å². The summed E-state index contributed by atoms with van der Waals surface area (Å²) in [5.41, 5.74) is 1.03. The van der Waals surface area contributed by atoms with Gasteiger partial charge in [0, 0.05) is 6.54 Å². The molecule has 0 saturated carbocycles. The minimum Gasteiger partial charge on any atom is -0.381 e. The van der Waals surface area contributed by atoms with E-state index in [-0.39, 0.29) is 0 Å². The average Bonchev–Trinajstić information content (AvgIpc) is 2.62. The van der Waals surface area contributed by atoms with Gasteiger partial charge in [0.05, 0.1) is 10.4 Å². The predicted molar refractivity (Wildman–Crippen MR) is 60.9 cm³/mol. The first-order chi connectivity index (χ1) is 6.77. The molecule has 14 heavy (non-hydrogen) atoms. The van der Waals surface area contributed by atoms with Gasteiger partial charge < -0.3 is 5.32 Å². The van der Waals surface area contributed by atoms with Gasteiger partial charge in [-0.25, -0.2) is 4.39 Å². The summed E-state index contributed by atoms with van der Waals surface area (Å²) in [7, 11) is 0. The third-order valence-corrected chi connectivity index (χ3v) is 3.02. The molecule has 0 spiro atoms. The smallest absolute Gasteiger partial charge is 0.114 e. The fraction of sp³-hybridized carbons (Fsp3) is 0.273. The van der Waals surface area contributed by atoms with E-state index in [4.69, 9.17) is 0 Å². The molecule has 74 valence electrons. The maximum absolute atomic E-state index is 12.7. The van der Waals surface area contributed by atoms with E-state index in [1.165, 1.54) is 10.1 Å². The molecule has 0 amide bonds. The Morgan fingerprint density at radius 1 is 1.43 bits per heavy atom. The van der Waals surface area contributed by atoms with Crippen LogP contribution in [0.25, 0.3) is 10.1 Å². The Bertz CT molecular complexity index is 422. The van der Waals surface area contributed by atoms with Gasteiger partial charge in [-0.1, -0.05) is 12.1 Å². The zero-order valence-electron chi connectivity index (χ0n) is 7.96. The summed E-state index contributed by atoms with van der Waals surface area (Å²) >= 11 is 1.68. The Balaban J connectivity index is 2.27. The largest absolute Gasteiger partial charge is 0.381 e. The Labute approximate surface area is 86.6 Å². The summed E-state index contributed by atoms with van der Waals surface area (Å²) in [5.74, 6) is 0. The number of anilines is 1. The first-order valence-electron chi connectivity index (χ1n) is 4.61. The molecule has 3 heteroatoms. The van der Waals surface area contributed by atoms with Gasteiger partial charge in [0.2, 0.25) is 0 Å². The van der Waals surface area contributed by atoms with Crippen molar-refractivity contribution in [3.05, 3.63) is 29.6 Å². The highest BCUT2D eigenvalue weighted by molar-refractivity contribution is 7.17. The molecule has 0 aliphatic carbocycles. The van der Waals surface area contributed by atoms with Crippen LogP contribution in [-0.2, 0) is 0 Å². The molecule has 1 aromatic heterocycles. The maximum atomic E-state index is 12.7. The number of benzene rings is 1. The van der Waals surface area contributed by atoms with Gasteiger partial charge in [0.25, 0.3) is 0 Å². The van der Waals surface area contributed by atoms with Crippen LogP contribution in [-0.4, -0.2) is 12.7 Å². The summed E-state index contributed by atoms with van der Waals surface area (Å²) in [4.78, 5) is 0. The van der Waals surface area contributed by atoms with Crippen LogP contribution in [0.1, 0.15) is 6.92 Å². The average molecular weight is 209 g/mol. The third kappa shape index (κ3) is 1.87. The molecule has 0 aliphatic heterocycles. The number of thiophene rings is 1. The lowest BCUT2D eigenvalue weighted by atomic mass is 10.2. The number of hydrogen-bond donors (Lipinski definition) is 1. The topological polar surface area (TPSA) is 12.0 Å². The zero-order valence-corrected chi connectivity index (χ0v) is 8.77. The van der Waals surface area contributed by atoms with E-state index in [9.17, 15) is 4.39 Å². The standard InChI is InChI=1S/C11H12FNS/c1-8(12)7-13-10-4-2-3-9-5-6-14-11(9)10/h2-6,8,13H,7H2,1H3. The molecule has 2 aromatic rings. The van der Waals surface area contributed by atoms with Gasteiger partial charge in [-0.2, -0.15) is 0 Å². The molecule has 0 bridgehead atoms. The summed E-state index contributed by atoms with van der Waals surface area (Å²) in [5, 5.41) is 6.37. The molecule has 1 unspecified atom stereocenters. The van der Waals surface area contributed by atoms with Crippen molar-refractivity contribution < 1.29 is 4.39 Å². The van der Waals surface area contributed by atoms with E-state index >= 15 is 0 Å². The van der Waals surface area contributed by atoms with Crippen LogP contribution < -0.4 is 5.32 Å². The van der Waals surface area contributed by atoms with E-state index in [1.54, 1.807) is 18.3 Å². The quantitative estimate of drug-likeness (QED) is 0.813. The van der Waals surface area contributed by atoms with Crippen molar-refractivity contribution in [2.75, 3.05) is 11.9 Å². The number of hydrogen-bond acceptors (Lipinski definition) is 2. The number of nitrogens with one attached hydrogen (secondary N) is 1. The second kappa shape index (κ2) is 3.96. The second-order valence-corrected chi connectivity index (χ2v) is 4.22. The Kier molecular flexibility index (Phi) is 2.68. The van der Waals surface area contributed by atoms with Crippen molar-refractivity contribution in [2.45, 2.75) is 13.1 Å². The molecular formula is C11H12FNS. The Morgan fingerprint density at radius 3 is 3.07 bits per heavy atom. The molecular weight excluding hydrogens is 197 g/mol. The van der Waals surface area contributed by atoms with E-state index in [2.05, 4.69) is 22.8 Å². The highest BCUT2D eigenvalue weighted by Gasteiger charge is 2.02. The summed E-state index contributed by atoms with van der Waals surface area (Å²) in [6.45, 7) is 1.93. The lowest BCUT2D eigenvalue weighted by Crippen LogP contribution is -2.11. The molecule has 1 aromatic carbocycles. The lowest BCUT2D eigenvalue weighted by Gasteiger charge is -2.07. The molecule has 0 fully saturated rings. The van der Waals surface area contributed by atoms with Crippen molar-refractivity contribution in [2.24, 2.45) is 0 Å². The first kappa shape index (κ1) is 9.46. The van der Waals surface area contributed by atoms with Crippen LogP contribution in [0.2, 0.25) is 0 Å². The van der Waals surface area contributed by atoms with Crippen molar-refractivity contribution in [1.29, 1.82) is 0 Å². The molecule has 0 aliphatic rings. The second-order valence-electron chi connectivity index (χ2n) is 3.31. The van der Waals surface area contributed by atoms with Crippen LogP contribution >= 0.6 is 11.3 Å². The number of halogens is 1. The normalized spacial score (nSPS) is 13.0. The molecule has 2 rings (SSSR count). The monoisotopic (exact) mass is 209 g/mol. The molecule has 1 heterocycles. The zero-order chi connectivity index (χ0) is 9.97. The molecule has 1 nitrogen and oxygen atoms in total. The summed E-state index contributed by atoms with van der Waals surface area (Å²) in [6, 6.07) is 8.11. The van der Waals surface area contributed by atoms with E-state index < -0.39 is 6.17 Å². The molecule has 0 saturated heterocycles. The molecule has 0 radical (unpaired) electrons. The Morgan fingerprint density at radius 2 is 2.29 bits per heavy atom. The van der Waals surface area contributed by atoms with Crippen molar-refractivity contribution >= 4 is 27.1 Å². The van der Waals surface area contributed by atoms with Crippen LogP contribution in [0, 0.1) is 0 Å². The van der Waals surface area contributed by atoms with Gasteiger partial charge in [-0.05, 0) is 29.8 Å². The predicted octanol–water partition coefficient (Wildman–Crippen LogP) is 3.67. The number of rotatable bonds is 3. The van der Waals surface area contributed by atoms with E-state index in [0.29, 0.717) is 6.54 Å².